The fourth-order valence-electron chi connectivity index (χ4n) is 3.26. The summed E-state index contributed by atoms with van der Waals surface area (Å²) >= 11 is 0. The van der Waals surface area contributed by atoms with Gasteiger partial charge in [-0.2, -0.15) is 0 Å². The molecule has 23 heavy (non-hydrogen) atoms. The van der Waals surface area contributed by atoms with Crippen LogP contribution in [0.4, 0.5) is 0 Å². The summed E-state index contributed by atoms with van der Waals surface area (Å²) in [7, 11) is 0. The van der Waals surface area contributed by atoms with Crippen molar-refractivity contribution in [2.75, 3.05) is 26.2 Å². The molecule has 0 aromatic carbocycles. The molecule has 1 aliphatic heterocycles. The van der Waals surface area contributed by atoms with Gasteiger partial charge in [0.2, 0.25) is 5.91 Å². The molecule has 2 fully saturated rings. The fraction of sp³-hybridized carbons (Fsp3) is 0.889. The van der Waals surface area contributed by atoms with Crippen LogP contribution < -0.4 is 10.6 Å². The molecule has 0 aromatic heterocycles. The van der Waals surface area contributed by atoms with E-state index in [0.717, 1.165) is 63.2 Å². The van der Waals surface area contributed by atoms with E-state index in [-0.39, 0.29) is 5.91 Å². The number of carbonyl (C=O) groups excluding carboxylic acids is 1. The van der Waals surface area contributed by atoms with Crippen molar-refractivity contribution in [3.8, 4) is 0 Å². The summed E-state index contributed by atoms with van der Waals surface area (Å²) in [5, 5.41) is 6.44. The minimum Gasteiger partial charge on any atom is -0.357 e. The molecule has 1 aliphatic carbocycles. The maximum absolute atomic E-state index is 11.7. The van der Waals surface area contributed by atoms with Crippen molar-refractivity contribution in [2.45, 2.75) is 65.3 Å². The van der Waals surface area contributed by atoms with Crippen molar-refractivity contribution in [3.05, 3.63) is 0 Å². The van der Waals surface area contributed by atoms with E-state index in [0.29, 0.717) is 12.5 Å². The first kappa shape index (κ1) is 18.1. The SMILES string of the molecule is CCNC(=NCCCC(=O)NC1CC1)N1CCC(CC(C)C)C1. The first-order chi connectivity index (χ1) is 11.1. The maximum Gasteiger partial charge on any atom is 0.220 e. The van der Waals surface area contributed by atoms with Gasteiger partial charge in [-0.05, 0) is 50.9 Å². The molecule has 0 aromatic rings. The number of likely N-dealkylation sites (tertiary alicyclic amines) is 1. The van der Waals surface area contributed by atoms with Crippen LogP contribution in [0.1, 0.15) is 59.3 Å². The van der Waals surface area contributed by atoms with E-state index >= 15 is 0 Å². The molecule has 0 bridgehead atoms. The van der Waals surface area contributed by atoms with Gasteiger partial charge >= 0.3 is 0 Å². The molecule has 1 amide bonds. The van der Waals surface area contributed by atoms with Crippen molar-refractivity contribution in [3.63, 3.8) is 0 Å². The van der Waals surface area contributed by atoms with E-state index in [1.807, 2.05) is 0 Å². The third kappa shape index (κ3) is 6.80. The second kappa shape index (κ2) is 9.14. The number of aliphatic imine (C=N–C) groups is 1. The molecule has 2 N–H and O–H groups in total. The highest BCUT2D eigenvalue weighted by Gasteiger charge is 2.25. The van der Waals surface area contributed by atoms with Crippen LogP contribution in [0.5, 0.6) is 0 Å². The summed E-state index contributed by atoms with van der Waals surface area (Å²) in [5.41, 5.74) is 0. The topological polar surface area (TPSA) is 56.7 Å². The van der Waals surface area contributed by atoms with Gasteiger partial charge in [-0.3, -0.25) is 9.79 Å². The van der Waals surface area contributed by atoms with E-state index in [1.165, 1.54) is 12.8 Å². The standard InChI is InChI=1S/C18H34N4O/c1-4-19-18(22-11-9-15(13-22)12-14(2)3)20-10-5-6-17(23)21-16-7-8-16/h14-16H,4-13H2,1-3H3,(H,19,20)(H,21,23). The Bertz CT molecular complexity index is 404. The van der Waals surface area contributed by atoms with Crippen LogP contribution in [0, 0.1) is 11.8 Å². The second-order valence-corrected chi connectivity index (χ2v) is 7.41. The number of guanidine groups is 1. The van der Waals surface area contributed by atoms with Gasteiger partial charge in [0, 0.05) is 38.6 Å². The minimum absolute atomic E-state index is 0.186. The Hall–Kier alpha value is -1.26. The van der Waals surface area contributed by atoms with Crippen molar-refractivity contribution in [1.82, 2.24) is 15.5 Å². The van der Waals surface area contributed by atoms with Crippen molar-refractivity contribution >= 4 is 11.9 Å². The van der Waals surface area contributed by atoms with Crippen LogP contribution in [0.2, 0.25) is 0 Å². The summed E-state index contributed by atoms with van der Waals surface area (Å²) in [5.74, 6) is 2.78. The van der Waals surface area contributed by atoms with Crippen LogP contribution in [0.3, 0.4) is 0 Å². The van der Waals surface area contributed by atoms with Gasteiger partial charge in [0.1, 0.15) is 0 Å². The van der Waals surface area contributed by atoms with E-state index in [4.69, 9.17) is 4.99 Å². The molecular formula is C18H34N4O. The molecule has 1 saturated carbocycles. The van der Waals surface area contributed by atoms with Crippen LogP contribution in [-0.4, -0.2) is 49.0 Å². The Morgan fingerprint density at radius 1 is 1.30 bits per heavy atom. The lowest BCUT2D eigenvalue weighted by Crippen LogP contribution is -2.40. The van der Waals surface area contributed by atoms with Gasteiger partial charge in [0.05, 0.1) is 0 Å². The predicted octanol–water partition coefficient (Wildman–Crippen LogP) is 2.38. The molecule has 2 rings (SSSR count). The lowest BCUT2D eigenvalue weighted by atomic mass is 9.97. The molecule has 5 heteroatoms. The second-order valence-electron chi connectivity index (χ2n) is 7.41. The smallest absolute Gasteiger partial charge is 0.220 e. The largest absolute Gasteiger partial charge is 0.357 e. The highest BCUT2D eigenvalue weighted by atomic mass is 16.1. The lowest BCUT2D eigenvalue weighted by molar-refractivity contribution is -0.121. The van der Waals surface area contributed by atoms with Crippen molar-refractivity contribution in [1.29, 1.82) is 0 Å². The molecule has 1 heterocycles. The highest BCUT2D eigenvalue weighted by molar-refractivity contribution is 5.80. The summed E-state index contributed by atoms with van der Waals surface area (Å²) in [6.45, 7) is 10.6. The highest BCUT2D eigenvalue weighted by Crippen LogP contribution is 2.23. The molecule has 1 atom stereocenters. The van der Waals surface area contributed by atoms with E-state index in [2.05, 4.69) is 36.3 Å². The Balaban J connectivity index is 1.72. The molecule has 5 nitrogen and oxygen atoms in total. The summed E-state index contributed by atoms with van der Waals surface area (Å²) in [4.78, 5) is 18.8. The number of nitrogens with zero attached hydrogens (tertiary/aromatic N) is 2. The van der Waals surface area contributed by atoms with E-state index in [1.54, 1.807) is 0 Å². The van der Waals surface area contributed by atoms with E-state index < -0.39 is 0 Å². The Kier molecular flexibility index (Phi) is 7.18. The predicted molar refractivity (Wildman–Crippen MR) is 95.5 cm³/mol. The molecule has 132 valence electrons. The zero-order valence-electron chi connectivity index (χ0n) is 15.1. The monoisotopic (exact) mass is 322 g/mol. The average Bonchev–Trinajstić information content (AvgIpc) is 3.18. The normalized spacial score (nSPS) is 21.8. The van der Waals surface area contributed by atoms with Gasteiger partial charge in [-0.1, -0.05) is 13.8 Å². The molecule has 1 unspecified atom stereocenters. The molecule has 2 aliphatic rings. The number of hydrogen-bond acceptors (Lipinski definition) is 2. The molecule has 1 saturated heterocycles. The number of hydrogen-bond donors (Lipinski definition) is 2. The summed E-state index contributed by atoms with van der Waals surface area (Å²) in [6.07, 6.45) is 6.30. The van der Waals surface area contributed by atoms with Crippen LogP contribution in [0.15, 0.2) is 4.99 Å². The third-order valence-electron chi connectivity index (χ3n) is 4.49. The fourth-order valence-corrected chi connectivity index (χ4v) is 3.26. The number of carbonyl (C=O) groups is 1. The Morgan fingerprint density at radius 3 is 2.74 bits per heavy atom. The first-order valence-electron chi connectivity index (χ1n) is 9.41. The minimum atomic E-state index is 0.186. The Labute approximate surface area is 141 Å². The van der Waals surface area contributed by atoms with Gasteiger partial charge in [0.25, 0.3) is 0 Å². The average molecular weight is 322 g/mol. The van der Waals surface area contributed by atoms with Gasteiger partial charge in [0.15, 0.2) is 5.96 Å². The maximum atomic E-state index is 11.7. The first-order valence-corrected chi connectivity index (χ1v) is 9.41. The summed E-state index contributed by atoms with van der Waals surface area (Å²) in [6, 6.07) is 0.464. The quantitative estimate of drug-likeness (QED) is 0.410. The van der Waals surface area contributed by atoms with Crippen molar-refractivity contribution in [2.24, 2.45) is 16.8 Å². The summed E-state index contributed by atoms with van der Waals surface area (Å²) < 4.78 is 0. The van der Waals surface area contributed by atoms with Crippen molar-refractivity contribution < 1.29 is 4.79 Å². The Morgan fingerprint density at radius 2 is 2.09 bits per heavy atom. The molecule has 0 radical (unpaired) electrons. The number of rotatable bonds is 8. The van der Waals surface area contributed by atoms with Gasteiger partial charge in [-0.25, -0.2) is 0 Å². The third-order valence-corrected chi connectivity index (χ3v) is 4.49. The number of amides is 1. The van der Waals surface area contributed by atoms with Crippen LogP contribution in [-0.2, 0) is 4.79 Å². The van der Waals surface area contributed by atoms with Crippen LogP contribution >= 0.6 is 0 Å². The van der Waals surface area contributed by atoms with E-state index in [9.17, 15) is 4.79 Å². The zero-order valence-corrected chi connectivity index (χ0v) is 15.1. The molecular weight excluding hydrogens is 288 g/mol. The molecule has 0 spiro atoms. The van der Waals surface area contributed by atoms with Crippen LogP contribution in [0.25, 0.3) is 0 Å². The lowest BCUT2D eigenvalue weighted by Gasteiger charge is -2.22. The zero-order chi connectivity index (χ0) is 16.7. The van der Waals surface area contributed by atoms with Gasteiger partial charge < -0.3 is 15.5 Å². The number of nitrogens with one attached hydrogen (secondary N) is 2. The van der Waals surface area contributed by atoms with Gasteiger partial charge in [-0.15, -0.1) is 0 Å².